The van der Waals surface area contributed by atoms with E-state index in [9.17, 15) is 26.7 Å². The molecular weight excluding hydrogens is 277 g/mol. The fourth-order valence-electron chi connectivity index (χ4n) is 1.24. The van der Waals surface area contributed by atoms with Crippen molar-refractivity contribution in [1.82, 2.24) is 5.32 Å². The van der Waals surface area contributed by atoms with Gasteiger partial charge in [0.2, 0.25) is 0 Å². The first-order chi connectivity index (χ1) is 8.20. The lowest BCUT2D eigenvalue weighted by molar-refractivity contribution is -0.269. The van der Waals surface area contributed by atoms with Crippen LogP contribution in [0.15, 0.2) is 11.4 Å². The Kier molecular flexibility index (Phi) is 4.31. The summed E-state index contributed by atoms with van der Waals surface area (Å²) in [5, 5.41) is 3.29. The molecule has 102 valence electrons. The highest BCUT2D eigenvalue weighted by atomic mass is 32.1. The first kappa shape index (κ1) is 14.9. The highest BCUT2D eigenvalue weighted by Crippen LogP contribution is 2.35. The van der Waals surface area contributed by atoms with E-state index in [0.29, 0.717) is 11.3 Å². The lowest BCUT2D eigenvalue weighted by Gasteiger charge is -2.18. The normalized spacial score (nSPS) is 12.6. The molecular formula is C10H10F5NOS. The first-order valence-corrected chi connectivity index (χ1v) is 5.86. The van der Waals surface area contributed by atoms with Gasteiger partial charge in [-0.2, -0.15) is 22.0 Å². The lowest BCUT2D eigenvalue weighted by Crippen LogP contribution is -2.50. The minimum atomic E-state index is -5.87. The van der Waals surface area contributed by atoms with Crippen molar-refractivity contribution in [1.29, 1.82) is 0 Å². The van der Waals surface area contributed by atoms with Gasteiger partial charge in [-0.15, -0.1) is 11.3 Å². The molecule has 0 aliphatic heterocycles. The van der Waals surface area contributed by atoms with Gasteiger partial charge in [-0.05, 0) is 23.4 Å². The number of amides is 1. The number of alkyl halides is 5. The molecule has 0 spiro atoms. The average molecular weight is 287 g/mol. The van der Waals surface area contributed by atoms with E-state index in [0.717, 1.165) is 5.56 Å². The van der Waals surface area contributed by atoms with Crippen molar-refractivity contribution < 1.29 is 26.7 Å². The number of halogens is 5. The van der Waals surface area contributed by atoms with Gasteiger partial charge in [0.05, 0.1) is 6.54 Å². The van der Waals surface area contributed by atoms with Gasteiger partial charge in [-0.3, -0.25) is 4.79 Å². The van der Waals surface area contributed by atoms with Crippen LogP contribution in [0.25, 0.3) is 0 Å². The summed E-state index contributed by atoms with van der Waals surface area (Å²) < 4.78 is 60.9. The van der Waals surface area contributed by atoms with Gasteiger partial charge in [0, 0.05) is 4.88 Å². The van der Waals surface area contributed by atoms with Crippen molar-refractivity contribution in [3.63, 3.8) is 0 Å². The van der Waals surface area contributed by atoms with Crippen molar-refractivity contribution >= 4 is 17.2 Å². The maximum Gasteiger partial charge on any atom is 0.463 e. The fraction of sp³-hybridized carbons (Fsp3) is 0.500. The molecule has 0 aliphatic carbocycles. The minimum absolute atomic E-state index is 0.328. The number of aryl methyl sites for hydroxylation is 1. The van der Waals surface area contributed by atoms with Crippen LogP contribution in [-0.4, -0.2) is 18.0 Å². The van der Waals surface area contributed by atoms with Crippen LogP contribution in [-0.2, 0) is 17.8 Å². The van der Waals surface area contributed by atoms with E-state index >= 15 is 0 Å². The third kappa shape index (κ3) is 2.98. The number of hydrogen-bond acceptors (Lipinski definition) is 2. The quantitative estimate of drug-likeness (QED) is 0.847. The van der Waals surface area contributed by atoms with Crippen LogP contribution >= 0.6 is 11.3 Å². The summed E-state index contributed by atoms with van der Waals surface area (Å²) in [6.45, 7) is 1.49. The molecule has 8 heteroatoms. The zero-order chi connectivity index (χ0) is 14.0. The largest absolute Gasteiger partial charge is 0.463 e. The molecule has 0 aliphatic rings. The van der Waals surface area contributed by atoms with Crippen molar-refractivity contribution in [2.24, 2.45) is 0 Å². The Morgan fingerprint density at radius 1 is 1.33 bits per heavy atom. The van der Waals surface area contributed by atoms with E-state index in [1.165, 1.54) is 11.3 Å². The molecule has 0 bridgehead atoms. The zero-order valence-corrected chi connectivity index (χ0v) is 10.1. The average Bonchev–Trinajstić information content (AvgIpc) is 2.71. The van der Waals surface area contributed by atoms with Crippen LogP contribution in [0.3, 0.4) is 0 Å². The standard InChI is InChI=1S/C10H10F5NOS/c1-2-6-3-4-18-7(6)5-16-8(17)9(11,12)10(13,14)15/h3-4H,2,5H2,1H3,(H,16,17). The third-order valence-corrected chi connectivity index (χ3v) is 3.23. The molecule has 1 heterocycles. The second-order valence-electron chi connectivity index (χ2n) is 3.48. The summed E-state index contributed by atoms with van der Waals surface area (Å²) in [7, 11) is 0. The molecule has 0 saturated carbocycles. The van der Waals surface area contributed by atoms with Gasteiger partial charge in [-0.1, -0.05) is 6.92 Å². The SMILES string of the molecule is CCc1ccsc1CNC(=O)C(F)(F)C(F)(F)F. The van der Waals surface area contributed by atoms with Gasteiger partial charge in [0.1, 0.15) is 0 Å². The van der Waals surface area contributed by atoms with E-state index in [4.69, 9.17) is 0 Å². The number of thiophene rings is 1. The number of carbonyl (C=O) groups is 1. The third-order valence-electron chi connectivity index (χ3n) is 2.27. The number of rotatable bonds is 4. The van der Waals surface area contributed by atoms with Crippen LogP contribution in [0.2, 0.25) is 0 Å². The maximum atomic E-state index is 12.6. The Bertz CT molecular complexity index is 426. The smallest absolute Gasteiger partial charge is 0.346 e. The maximum absolute atomic E-state index is 12.6. The van der Waals surface area contributed by atoms with Crippen LogP contribution in [0.4, 0.5) is 22.0 Å². The predicted molar refractivity (Wildman–Crippen MR) is 56.5 cm³/mol. The Morgan fingerprint density at radius 2 is 1.94 bits per heavy atom. The molecule has 1 rings (SSSR count). The molecule has 0 saturated heterocycles. The van der Waals surface area contributed by atoms with Gasteiger partial charge in [0.25, 0.3) is 0 Å². The van der Waals surface area contributed by atoms with Crippen molar-refractivity contribution in [3.8, 4) is 0 Å². The summed E-state index contributed by atoms with van der Waals surface area (Å²) in [5.74, 6) is -7.69. The molecule has 0 unspecified atom stereocenters. The second-order valence-corrected chi connectivity index (χ2v) is 4.48. The van der Waals surface area contributed by atoms with E-state index in [1.54, 1.807) is 16.8 Å². The Hall–Kier alpha value is -1.18. The predicted octanol–water partition coefficient (Wildman–Crippen LogP) is 3.12. The number of nitrogens with one attached hydrogen (secondary N) is 1. The van der Waals surface area contributed by atoms with Crippen LogP contribution in [0, 0.1) is 0 Å². The van der Waals surface area contributed by atoms with Gasteiger partial charge >= 0.3 is 18.0 Å². The summed E-state index contributed by atoms with van der Waals surface area (Å²) in [5.41, 5.74) is 0.815. The molecule has 0 atom stereocenters. The first-order valence-electron chi connectivity index (χ1n) is 4.98. The fourth-order valence-corrected chi connectivity index (χ4v) is 2.15. The highest BCUT2D eigenvalue weighted by molar-refractivity contribution is 7.10. The molecule has 2 nitrogen and oxygen atoms in total. The summed E-state index contributed by atoms with van der Waals surface area (Å²) in [4.78, 5) is 11.4. The summed E-state index contributed by atoms with van der Waals surface area (Å²) in [6, 6.07) is 1.73. The highest BCUT2D eigenvalue weighted by Gasteiger charge is 2.63. The van der Waals surface area contributed by atoms with Gasteiger partial charge < -0.3 is 5.32 Å². The van der Waals surface area contributed by atoms with Gasteiger partial charge in [0.15, 0.2) is 0 Å². The van der Waals surface area contributed by atoms with Crippen molar-refractivity contribution in [2.75, 3.05) is 0 Å². The molecule has 1 aromatic heterocycles. The molecule has 1 aromatic rings. The summed E-state index contributed by atoms with van der Waals surface area (Å²) >= 11 is 1.19. The number of carbonyl (C=O) groups excluding carboxylic acids is 1. The monoisotopic (exact) mass is 287 g/mol. The zero-order valence-electron chi connectivity index (χ0n) is 9.28. The van der Waals surface area contributed by atoms with E-state index in [-0.39, 0.29) is 6.54 Å². The van der Waals surface area contributed by atoms with Crippen LogP contribution in [0.5, 0.6) is 0 Å². The number of hydrogen-bond donors (Lipinski definition) is 1. The topological polar surface area (TPSA) is 29.1 Å². The Balaban J connectivity index is 2.67. The van der Waals surface area contributed by atoms with E-state index in [1.807, 2.05) is 6.92 Å². The molecule has 18 heavy (non-hydrogen) atoms. The van der Waals surface area contributed by atoms with Gasteiger partial charge in [-0.25, -0.2) is 0 Å². The van der Waals surface area contributed by atoms with Crippen molar-refractivity contribution in [3.05, 3.63) is 21.9 Å². The van der Waals surface area contributed by atoms with E-state index < -0.39 is 18.0 Å². The Morgan fingerprint density at radius 3 is 2.44 bits per heavy atom. The van der Waals surface area contributed by atoms with Crippen LogP contribution in [0.1, 0.15) is 17.4 Å². The molecule has 1 N–H and O–H groups in total. The van der Waals surface area contributed by atoms with Crippen LogP contribution < -0.4 is 5.32 Å². The molecule has 0 fully saturated rings. The molecule has 0 radical (unpaired) electrons. The molecule has 1 amide bonds. The Labute approximate surface area is 104 Å². The van der Waals surface area contributed by atoms with E-state index in [2.05, 4.69) is 0 Å². The minimum Gasteiger partial charge on any atom is -0.346 e. The van der Waals surface area contributed by atoms with Crippen molar-refractivity contribution in [2.45, 2.75) is 32.0 Å². The second kappa shape index (κ2) is 5.21. The lowest BCUT2D eigenvalue weighted by atomic mass is 10.2. The molecule has 0 aromatic carbocycles. The summed E-state index contributed by atoms with van der Waals surface area (Å²) in [6.07, 6.45) is -5.26.